The highest BCUT2D eigenvalue weighted by Crippen LogP contribution is 2.33. The number of nitrogens with zero attached hydrogens (tertiary/aromatic N) is 2. The third-order valence-electron chi connectivity index (χ3n) is 3.56. The molecular weight excluding hydrogens is 338 g/mol. The Kier molecular flexibility index (Phi) is 5.15. The molecule has 1 N–H and O–H groups in total. The van der Waals surface area contributed by atoms with E-state index in [1.165, 1.54) is 6.39 Å². The molecule has 0 atom stereocenters. The molecule has 0 bridgehead atoms. The number of hydrogen-bond acceptors (Lipinski definition) is 3. The zero-order valence-electron chi connectivity index (χ0n) is 13.7. The van der Waals surface area contributed by atoms with Crippen LogP contribution in [0.1, 0.15) is 15.9 Å². The lowest BCUT2D eigenvalue weighted by Crippen LogP contribution is -1.98. The Morgan fingerprint density at radius 2 is 2.12 bits per heavy atom. The normalized spacial score (nSPS) is 10.8. The molecule has 0 spiro atoms. The number of benzene rings is 2. The van der Waals surface area contributed by atoms with Crippen molar-refractivity contribution in [1.29, 1.82) is 0 Å². The van der Waals surface area contributed by atoms with E-state index < -0.39 is 0 Å². The highest BCUT2D eigenvalue weighted by molar-refractivity contribution is 7.72. The molecule has 1 amide bonds. The average molecular weight is 354 g/mol. The van der Waals surface area contributed by atoms with Crippen molar-refractivity contribution in [2.24, 2.45) is 4.36 Å². The number of carbonyl (C=O) groups is 1. The van der Waals surface area contributed by atoms with Crippen LogP contribution in [0.2, 0.25) is 0 Å². The molecule has 3 aromatic rings. The Morgan fingerprint density at radius 1 is 1.28 bits per heavy atom. The Hall–Kier alpha value is -3.06. The molecule has 0 aliphatic heterocycles. The number of ether oxygens (including phenoxy) is 1. The number of nitrogens with one attached hydrogen (secondary N) is 1. The van der Waals surface area contributed by atoms with Crippen molar-refractivity contribution >= 4 is 23.3 Å². The van der Waals surface area contributed by atoms with Gasteiger partial charge >= 0.3 is 12.2 Å². The summed E-state index contributed by atoms with van der Waals surface area (Å²) in [5.41, 5.74) is 2.91. The number of aryl methyl sites for hydroxylation is 1. The fraction of sp³-hybridized carbons (Fsp3) is 0.111. The molecular formula is C18H16N3O3S+. The predicted octanol–water partition coefficient (Wildman–Crippen LogP) is 4.90. The monoisotopic (exact) mass is 354 g/mol. The van der Waals surface area contributed by atoms with Crippen LogP contribution in [0, 0.1) is 6.92 Å². The fourth-order valence-corrected chi connectivity index (χ4v) is 2.71. The molecule has 0 radical (unpaired) electrons. The quantitative estimate of drug-likeness (QED) is 0.523. The lowest BCUT2D eigenvalue weighted by Gasteiger charge is -2.05. The van der Waals surface area contributed by atoms with Gasteiger partial charge in [0.05, 0.1) is 7.11 Å². The lowest BCUT2D eigenvalue weighted by molar-refractivity contribution is 0.104. The molecule has 0 aliphatic rings. The summed E-state index contributed by atoms with van der Waals surface area (Å²) in [7, 11) is 1.58. The third-order valence-corrected chi connectivity index (χ3v) is 4.10. The maximum atomic E-state index is 12.1. The second kappa shape index (κ2) is 7.67. The van der Waals surface area contributed by atoms with E-state index in [9.17, 15) is 4.79 Å². The van der Waals surface area contributed by atoms with E-state index in [1.807, 2.05) is 31.2 Å². The van der Waals surface area contributed by atoms with Crippen molar-refractivity contribution < 1.29 is 13.9 Å². The number of aromatic amines is 1. The Balaban J connectivity index is 1.74. The third kappa shape index (κ3) is 3.89. The topological polar surface area (TPSA) is 79.8 Å². The van der Waals surface area contributed by atoms with Crippen LogP contribution in [-0.2, 0) is 11.7 Å². The molecule has 0 fully saturated rings. The molecule has 6 nitrogen and oxygen atoms in total. The van der Waals surface area contributed by atoms with Crippen LogP contribution < -0.4 is 4.74 Å². The van der Waals surface area contributed by atoms with Crippen LogP contribution in [0.25, 0.3) is 16.0 Å². The smallest absolute Gasteiger partial charge is 0.394 e. The summed E-state index contributed by atoms with van der Waals surface area (Å²) in [6, 6.07) is 12.7. The fourth-order valence-electron chi connectivity index (χ4n) is 2.29. The van der Waals surface area contributed by atoms with E-state index in [0.29, 0.717) is 22.8 Å². The number of amides is 1. The van der Waals surface area contributed by atoms with Gasteiger partial charge in [0.15, 0.2) is 0 Å². The minimum absolute atomic E-state index is 0.304. The molecule has 7 heteroatoms. The van der Waals surface area contributed by atoms with E-state index >= 15 is 0 Å². The minimum Gasteiger partial charge on any atom is -0.496 e. The standard InChI is InChI=1S/C18H16N3O3S/c1-12-5-3-4-6-14(12)18(22)21-25-20-13-7-8-15(16(9-13)23-2)17-10-19-11-24-17/h3-11,19H,1-2H3/q+1. The average Bonchev–Trinajstić information content (AvgIpc) is 3.16. The summed E-state index contributed by atoms with van der Waals surface area (Å²) in [5.74, 6) is 0.979. The van der Waals surface area contributed by atoms with Gasteiger partial charge in [0.1, 0.15) is 29.1 Å². The summed E-state index contributed by atoms with van der Waals surface area (Å²) >= 11 is 0.856. The number of aromatic nitrogens is 1. The summed E-state index contributed by atoms with van der Waals surface area (Å²) in [5, 5.41) is 0. The molecule has 0 aliphatic carbocycles. The molecule has 126 valence electrons. The Morgan fingerprint density at radius 3 is 2.84 bits per heavy atom. The summed E-state index contributed by atoms with van der Waals surface area (Å²) in [4.78, 5) is 15.0. The number of methoxy groups -OCH3 is 1. The van der Waals surface area contributed by atoms with Crippen LogP contribution in [0.15, 0.2) is 63.8 Å². The van der Waals surface area contributed by atoms with Gasteiger partial charge in [-0.2, -0.15) is 4.42 Å². The number of rotatable bonds is 5. The van der Waals surface area contributed by atoms with Crippen LogP contribution in [0.3, 0.4) is 0 Å². The number of carbonyl (C=O) groups excluding carboxylic acids is 1. The van der Waals surface area contributed by atoms with Gasteiger partial charge in [-0.15, -0.1) is 0 Å². The van der Waals surface area contributed by atoms with Crippen molar-refractivity contribution in [3.8, 4) is 17.1 Å². The zero-order valence-corrected chi connectivity index (χ0v) is 14.5. The van der Waals surface area contributed by atoms with Gasteiger partial charge in [0, 0.05) is 16.0 Å². The van der Waals surface area contributed by atoms with Gasteiger partial charge < -0.3 is 14.3 Å². The Bertz CT molecular complexity index is 908. The number of H-pyrrole nitrogens is 1. The first-order valence-electron chi connectivity index (χ1n) is 7.50. The van der Waals surface area contributed by atoms with E-state index in [1.54, 1.807) is 31.5 Å². The summed E-state index contributed by atoms with van der Waals surface area (Å²) < 4.78 is 18.9. The highest BCUT2D eigenvalue weighted by atomic mass is 32.1. The SMILES string of the molecule is COc1cc(N=[S+][N-]C(=O)c2ccccc2C)ccc1-c1c[nH]c[o+]1. The molecule has 25 heavy (non-hydrogen) atoms. The Labute approximate surface area is 149 Å². The molecule has 3 rings (SSSR count). The van der Waals surface area contributed by atoms with Crippen molar-refractivity contribution in [1.82, 2.24) is 4.98 Å². The second-order valence-corrected chi connectivity index (χ2v) is 5.71. The maximum Gasteiger partial charge on any atom is 0.394 e. The summed E-state index contributed by atoms with van der Waals surface area (Å²) in [6.45, 7) is 1.88. The molecule has 2 aromatic carbocycles. The van der Waals surface area contributed by atoms with E-state index in [0.717, 1.165) is 22.9 Å². The van der Waals surface area contributed by atoms with Gasteiger partial charge in [-0.1, -0.05) is 24.3 Å². The van der Waals surface area contributed by atoms with Crippen LogP contribution in [0.4, 0.5) is 5.69 Å². The maximum absolute atomic E-state index is 12.1. The molecule has 1 aromatic heterocycles. The molecule has 0 saturated carbocycles. The first-order valence-corrected chi connectivity index (χ1v) is 8.23. The summed E-state index contributed by atoms with van der Waals surface area (Å²) in [6.07, 6.45) is 3.22. The van der Waals surface area contributed by atoms with E-state index in [2.05, 4.69) is 14.1 Å². The van der Waals surface area contributed by atoms with Crippen molar-refractivity contribution in [2.75, 3.05) is 7.11 Å². The minimum atomic E-state index is -0.304. The van der Waals surface area contributed by atoms with Crippen molar-refractivity contribution in [3.05, 3.63) is 70.9 Å². The first kappa shape index (κ1) is 16.8. The van der Waals surface area contributed by atoms with Gasteiger partial charge in [-0.05, 0) is 24.6 Å². The predicted molar refractivity (Wildman–Crippen MR) is 97.8 cm³/mol. The first-order chi connectivity index (χ1) is 12.2. The van der Waals surface area contributed by atoms with Crippen molar-refractivity contribution in [3.63, 3.8) is 0 Å². The van der Waals surface area contributed by atoms with E-state index in [4.69, 9.17) is 9.15 Å². The second-order valence-electron chi connectivity index (χ2n) is 5.18. The van der Waals surface area contributed by atoms with Gasteiger partial charge in [-0.25, -0.2) is 0 Å². The van der Waals surface area contributed by atoms with Gasteiger partial charge in [-0.3, -0.25) is 4.98 Å². The molecule has 0 unspecified atom stereocenters. The van der Waals surface area contributed by atoms with Gasteiger partial charge in [0.25, 0.3) is 11.7 Å². The molecule has 0 saturated heterocycles. The van der Waals surface area contributed by atoms with Crippen LogP contribution >= 0.6 is 0 Å². The van der Waals surface area contributed by atoms with Gasteiger partial charge in [0.2, 0.25) is 0 Å². The largest absolute Gasteiger partial charge is 0.496 e. The van der Waals surface area contributed by atoms with Crippen LogP contribution in [0.5, 0.6) is 5.75 Å². The van der Waals surface area contributed by atoms with E-state index in [-0.39, 0.29) is 5.91 Å². The molecule has 1 heterocycles. The lowest BCUT2D eigenvalue weighted by atomic mass is 10.1. The zero-order chi connectivity index (χ0) is 17.6. The van der Waals surface area contributed by atoms with Crippen LogP contribution in [-0.4, -0.2) is 18.0 Å². The highest BCUT2D eigenvalue weighted by Gasteiger charge is 2.18. The number of hydrogen-bond donors (Lipinski definition) is 1. The number of oxazole rings is 1. The van der Waals surface area contributed by atoms with Crippen molar-refractivity contribution in [2.45, 2.75) is 6.92 Å².